The molecule has 1 atom stereocenters. The lowest BCUT2D eigenvalue weighted by molar-refractivity contribution is 0.397. The molecule has 1 aromatic rings. The summed E-state index contributed by atoms with van der Waals surface area (Å²) in [4.78, 5) is 4.26. The number of methoxy groups -OCH3 is 1. The van der Waals surface area contributed by atoms with E-state index >= 15 is 0 Å². The number of aliphatic imine (C=N–C) groups is 1. The first-order valence-electron chi connectivity index (χ1n) is 5.80. The molecule has 0 bridgehead atoms. The summed E-state index contributed by atoms with van der Waals surface area (Å²) in [7, 11) is 1.48. The van der Waals surface area contributed by atoms with Crippen molar-refractivity contribution in [2.24, 2.45) is 10.8 Å². The van der Waals surface area contributed by atoms with E-state index < -0.39 is 9.96 Å². The number of benzene rings is 1. The van der Waals surface area contributed by atoms with E-state index in [2.05, 4.69) is 15.7 Å². The minimum absolute atomic E-state index is 0.0921. The number of hydrazine groups is 1. The van der Waals surface area contributed by atoms with Crippen LogP contribution in [0.4, 0.5) is 0 Å². The molecule has 0 spiro atoms. The molecule has 0 fully saturated rings. The van der Waals surface area contributed by atoms with Gasteiger partial charge in [-0.25, -0.2) is 10.8 Å². The summed E-state index contributed by atoms with van der Waals surface area (Å²) in [5, 5.41) is 2.78. The van der Waals surface area contributed by atoms with Gasteiger partial charge in [0.1, 0.15) is 0 Å². The minimum atomic E-state index is -1.74. The van der Waals surface area contributed by atoms with Gasteiger partial charge in [0, 0.05) is 5.56 Å². The maximum absolute atomic E-state index is 5.89. The number of hydrogen-bond donors (Lipinski definition) is 3. The van der Waals surface area contributed by atoms with Gasteiger partial charge in [-0.2, -0.15) is 0 Å². The van der Waals surface area contributed by atoms with E-state index in [1.807, 2.05) is 31.2 Å². The molecule has 4 N–H and O–H groups in total. The summed E-state index contributed by atoms with van der Waals surface area (Å²) >= 11 is 22.6. The van der Waals surface area contributed by atoms with Gasteiger partial charge in [0.15, 0.2) is 11.3 Å². The summed E-state index contributed by atoms with van der Waals surface area (Å²) in [6, 6.07) is 7.56. The number of halogens is 3. The zero-order valence-electron chi connectivity index (χ0n) is 11.4. The Bertz CT molecular complexity index is 516. The lowest BCUT2D eigenvalue weighted by atomic mass is 10.1. The van der Waals surface area contributed by atoms with Crippen LogP contribution in [0.25, 0.3) is 0 Å². The van der Waals surface area contributed by atoms with Gasteiger partial charge >= 0.3 is 0 Å². The number of rotatable bonds is 3. The molecule has 1 aromatic carbocycles. The molecule has 0 heterocycles. The molecule has 0 unspecified atom stereocenters. The summed E-state index contributed by atoms with van der Waals surface area (Å²) in [5.74, 6) is 5.50. The van der Waals surface area contributed by atoms with E-state index in [1.54, 1.807) is 0 Å². The second kappa shape index (κ2) is 8.00. The quantitative estimate of drug-likeness (QED) is 0.191. The predicted molar refractivity (Wildman–Crippen MR) is 91.9 cm³/mol. The van der Waals surface area contributed by atoms with Crippen molar-refractivity contribution in [2.45, 2.75) is 16.9 Å². The number of nitrogens with zero attached hydrogens (tertiary/aromatic N) is 1. The normalized spacial score (nSPS) is 13.5. The molecule has 0 aliphatic heterocycles. The third-order valence-electron chi connectivity index (χ3n) is 2.45. The minimum Gasteiger partial charge on any atom is -0.481 e. The maximum Gasteiger partial charge on any atom is 0.230 e. The number of nitrogens with two attached hydrogens (primary N) is 1. The number of ether oxygens (including phenoxy) is 1. The number of thiocarbonyl (C=S) groups is 1. The first-order chi connectivity index (χ1) is 9.77. The van der Waals surface area contributed by atoms with Crippen LogP contribution in [0.3, 0.4) is 0 Å². The highest BCUT2D eigenvalue weighted by atomic mass is 35.6. The molecule has 1 rings (SSSR count). The van der Waals surface area contributed by atoms with Gasteiger partial charge in [0.25, 0.3) is 0 Å². The largest absolute Gasteiger partial charge is 0.481 e. The Morgan fingerprint density at radius 1 is 1.33 bits per heavy atom. The van der Waals surface area contributed by atoms with E-state index in [0.29, 0.717) is 5.90 Å². The van der Waals surface area contributed by atoms with Crippen molar-refractivity contribution in [1.82, 2.24) is 10.7 Å². The van der Waals surface area contributed by atoms with Crippen molar-refractivity contribution >= 4 is 58.0 Å². The van der Waals surface area contributed by atoms with Gasteiger partial charge in [0.05, 0.1) is 7.11 Å². The van der Waals surface area contributed by atoms with E-state index in [4.69, 9.17) is 57.6 Å². The average molecular weight is 370 g/mol. The van der Waals surface area contributed by atoms with Crippen molar-refractivity contribution in [3.63, 3.8) is 0 Å². The second-order valence-electron chi connectivity index (χ2n) is 4.07. The standard InChI is InChI=1S/C12H15Cl3N4OS/c1-7-3-5-8(6-4-7)9(20-2)17-10(12(13,14)15)18-11(21)19-16/h3-6,10H,16H2,1-2H3,(H2,18,19,21)/t10-/m1/s1. The Balaban J connectivity index is 3.10. The number of alkyl halides is 3. The first kappa shape index (κ1) is 18.3. The summed E-state index contributed by atoms with van der Waals surface area (Å²) in [6.45, 7) is 1.98. The van der Waals surface area contributed by atoms with Crippen LogP contribution in [0.2, 0.25) is 0 Å². The fourth-order valence-corrected chi connectivity index (χ4v) is 1.83. The Kier molecular flexibility index (Phi) is 6.96. The summed E-state index contributed by atoms with van der Waals surface area (Å²) in [5.41, 5.74) is 4.10. The van der Waals surface area contributed by atoms with Gasteiger partial charge in [-0.15, -0.1) is 0 Å². The summed E-state index contributed by atoms with van der Waals surface area (Å²) in [6.07, 6.45) is -0.970. The Morgan fingerprint density at radius 3 is 2.33 bits per heavy atom. The van der Waals surface area contributed by atoms with E-state index in [9.17, 15) is 0 Å². The molecule has 0 amide bonds. The maximum atomic E-state index is 5.89. The highest BCUT2D eigenvalue weighted by molar-refractivity contribution is 7.80. The topological polar surface area (TPSA) is 71.7 Å². The zero-order valence-corrected chi connectivity index (χ0v) is 14.4. The molecule has 21 heavy (non-hydrogen) atoms. The monoisotopic (exact) mass is 368 g/mol. The molecule has 0 saturated heterocycles. The average Bonchev–Trinajstić information content (AvgIpc) is 2.43. The van der Waals surface area contributed by atoms with Crippen molar-refractivity contribution in [1.29, 1.82) is 0 Å². The first-order valence-corrected chi connectivity index (χ1v) is 7.34. The second-order valence-corrected chi connectivity index (χ2v) is 6.84. The van der Waals surface area contributed by atoms with Crippen molar-refractivity contribution < 1.29 is 4.74 Å². The van der Waals surface area contributed by atoms with Crippen molar-refractivity contribution in [3.05, 3.63) is 35.4 Å². The molecule has 0 aliphatic rings. The van der Waals surface area contributed by atoms with Crippen LogP contribution < -0.4 is 16.6 Å². The van der Waals surface area contributed by atoms with Crippen LogP contribution in [-0.2, 0) is 4.74 Å². The Hall–Kier alpha value is -0.790. The number of aryl methyl sites for hydroxylation is 1. The van der Waals surface area contributed by atoms with Gasteiger partial charge in [-0.3, -0.25) is 0 Å². The van der Waals surface area contributed by atoms with Crippen LogP contribution in [-0.4, -0.2) is 28.1 Å². The highest BCUT2D eigenvalue weighted by Crippen LogP contribution is 2.31. The third-order valence-corrected chi connectivity index (χ3v) is 3.30. The molecule has 9 heteroatoms. The van der Waals surface area contributed by atoms with Crippen LogP contribution in [0, 0.1) is 6.92 Å². The Morgan fingerprint density at radius 2 is 1.90 bits per heavy atom. The van der Waals surface area contributed by atoms with Gasteiger partial charge in [0.2, 0.25) is 9.69 Å². The van der Waals surface area contributed by atoms with Crippen molar-refractivity contribution in [2.75, 3.05) is 7.11 Å². The van der Waals surface area contributed by atoms with Crippen molar-refractivity contribution in [3.8, 4) is 0 Å². The molecule has 0 radical (unpaired) electrons. The fraction of sp³-hybridized carbons (Fsp3) is 0.333. The molecule has 0 aromatic heterocycles. The molecule has 0 aliphatic carbocycles. The van der Waals surface area contributed by atoms with E-state index in [1.165, 1.54) is 7.11 Å². The lowest BCUT2D eigenvalue weighted by Crippen LogP contribution is -2.49. The number of hydrogen-bond acceptors (Lipinski definition) is 4. The predicted octanol–water partition coefficient (Wildman–Crippen LogP) is 2.42. The molecule has 0 saturated carbocycles. The lowest BCUT2D eigenvalue weighted by Gasteiger charge is -2.23. The van der Waals surface area contributed by atoms with Gasteiger partial charge in [-0.1, -0.05) is 52.5 Å². The SMILES string of the molecule is COC(=N[C@H](NC(=S)NN)C(Cl)(Cl)Cl)c1ccc(C)cc1. The number of nitrogens with one attached hydrogen (secondary N) is 2. The highest BCUT2D eigenvalue weighted by Gasteiger charge is 2.33. The zero-order chi connectivity index (χ0) is 16.0. The van der Waals surface area contributed by atoms with Crippen LogP contribution in [0.1, 0.15) is 11.1 Å². The van der Waals surface area contributed by atoms with Crippen LogP contribution >= 0.6 is 47.0 Å². The smallest absolute Gasteiger partial charge is 0.230 e. The summed E-state index contributed by atoms with van der Waals surface area (Å²) < 4.78 is 3.52. The molecule has 5 nitrogen and oxygen atoms in total. The van der Waals surface area contributed by atoms with E-state index in [0.717, 1.165) is 11.1 Å². The van der Waals surface area contributed by atoms with Crippen LogP contribution in [0.5, 0.6) is 0 Å². The fourth-order valence-electron chi connectivity index (χ4n) is 1.41. The van der Waals surface area contributed by atoms with E-state index in [-0.39, 0.29) is 5.11 Å². The third kappa shape index (κ3) is 5.84. The van der Waals surface area contributed by atoms with Crippen LogP contribution in [0.15, 0.2) is 29.3 Å². The Labute approximate surface area is 143 Å². The van der Waals surface area contributed by atoms with Gasteiger partial charge in [-0.05, 0) is 31.3 Å². The van der Waals surface area contributed by atoms with Gasteiger partial charge < -0.3 is 15.5 Å². The molecular weight excluding hydrogens is 355 g/mol. The molecule has 116 valence electrons. The molecular formula is C12H15Cl3N4OS.